The number of aliphatic hydroxyl groups is 2. The molecule has 124 valence electrons. The molecule has 3 rings (SSSR count). The van der Waals surface area contributed by atoms with Gasteiger partial charge in [0.25, 0.3) is 0 Å². The molecule has 7 nitrogen and oxygen atoms in total. The molecule has 6 N–H and O–H groups in total. The number of benzene rings is 1. The minimum atomic E-state index is -1.70. The summed E-state index contributed by atoms with van der Waals surface area (Å²) in [7, 11) is 0. The summed E-state index contributed by atoms with van der Waals surface area (Å²) in [5, 5.41) is 21.8. The summed E-state index contributed by atoms with van der Waals surface area (Å²) in [5.74, 6) is 0.489. The Morgan fingerprint density at radius 2 is 2.09 bits per heavy atom. The van der Waals surface area contributed by atoms with E-state index in [9.17, 15) is 10.2 Å². The molecule has 3 atom stereocenters. The highest BCUT2D eigenvalue weighted by Gasteiger charge is 2.53. The summed E-state index contributed by atoms with van der Waals surface area (Å²) in [6.45, 7) is 0.469. The van der Waals surface area contributed by atoms with Crippen molar-refractivity contribution in [3.8, 4) is 0 Å². The van der Waals surface area contributed by atoms with E-state index < -0.39 is 17.8 Å². The lowest BCUT2D eigenvalue weighted by Gasteiger charge is -2.30. The molecule has 0 spiro atoms. The van der Waals surface area contributed by atoms with E-state index >= 15 is 0 Å². The molecule has 1 fully saturated rings. The van der Waals surface area contributed by atoms with Crippen molar-refractivity contribution in [2.75, 3.05) is 18.9 Å². The van der Waals surface area contributed by atoms with Crippen LogP contribution in [0.15, 0.2) is 30.5 Å². The molecule has 0 unspecified atom stereocenters. The Labute approximate surface area is 138 Å². The van der Waals surface area contributed by atoms with Crippen LogP contribution in [-0.4, -0.2) is 45.1 Å². The van der Waals surface area contributed by atoms with Crippen molar-refractivity contribution in [3.63, 3.8) is 0 Å². The van der Waals surface area contributed by atoms with Gasteiger partial charge in [0.05, 0.1) is 6.61 Å². The summed E-state index contributed by atoms with van der Waals surface area (Å²) in [5.41, 5.74) is 10.7. The number of hydrogen-bond donors (Lipinski definition) is 4. The van der Waals surface area contributed by atoms with Gasteiger partial charge in [-0.1, -0.05) is 23.7 Å². The van der Waals surface area contributed by atoms with Gasteiger partial charge < -0.3 is 31.0 Å². The number of aromatic nitrogens is 2. The van der Waals surface area contributed by atoms with Crippen LogP contribution in [0.4, 0.5) is 5.82 Å². The lowest BCUT2D eigenvalue weighted by molar-refractivity contribution is -0.0882. The van der Waals surface area contributed by atoms with Crippen LogP contribution < -0.4 is 11.5 Å². The molecule has 0 saturated carbocycles. The number of rotatable bonds is 4. The van der Waals surface area contributed by atoms with Gasteiger partial charge in [0, 0.05) is 24.3 Å². The van der Waals surface area contributed by atoms with Crippen LogP contribution in [0.3, 0.4) is 0 Å². The molecular formula is C15H19ClN4O3. The van der Waals surface area contributed by atoms with E-state index in [-0.39, 0.29) is 24.8 Å². The predicted molar refractivity (Wildman–Crippen MR) is 85.9 cm³/mol. The van der Waals surface area contributed by atoms with E-state index in [1.165, 1.54) is 0 Å². The van der Waals surface area contributed by atoms with Crippen molar-refractivity contribution in [2.45, 2.75) is 24.4 Å². The van der Waals surface area contributed by atoms with Gasteiger partial charge in [-0.2, -0.15) is 0 Å². The van der Waals surface area contributed by atoms with Crippen molar-refractivity contribution in [2.24, 2.45) is 5.73 Å². The number of hydrogen-bond acceptors (Lipinski definition) is 6. The van der Waals surface area contributed by atoms with Gasteiger partial charge in [0.2, 0.25) is 0 Å². The molecular weight excluding hydrogens is 320 g/mol. The van der Waals surface area contributed by atoms with Gasteiger partial charge in [-0.15, -0.1) is 0 Å². The van der Waals surface area contributed by atoms with E-state index in [1.807, 2.05) is 12.1 Å². The van der Waals surface area contributed by atoms with E-state index in [4.69, 9.17) is 27.8 Å². The van der Waals surface area contributed by atoms with E-state index in [0.29, 0.717) is 11.6 Å². The van der Waals surface area contributed by atoms with Crippen molar-refractivity contribution in [1.82, 2.24) is 9.55 Å². The summed E-state index contributed by atoms with van der Waals surface area (Å²) in [6.07, 6.45) is -0.259. The summed E-state index contributed by atoms with van der Waals surface area (Å²) in [6, 6.07) is 7.30. The van der Waals surface area contributed by atoms with Crippen molar-refractivity contribution >= 4 is 17.4 Å². The van der Waals surface area contributed by atoms with E-state index in [2.05, 4.69) is 4.98 Å². The predicted octanol–water partition coefficient (Wildman–Crippen LogP) is 0.0730. The maximum Gasteiger partial charge on any atom is 0.178 e. The third-order valence-electron chi connectivity index (χ3n) is 4.09. The second-order valence-corrected chi connectivity index (χ2v) is 6.08. The second kappa shape index (κ2) is 6.10. The fraction of sp³-hybridized carbons (Fsp3) is 0.400. The molecule has 0 radical (unpaired) electrons. The Balaban J connectivity index is 1.98. The Kier molecular flexibility index (Phi) is 4.31. The normalized spacial score (nSPS) is 27.5. The molecule has 0 bridgehead atoms. The number of imidazole rings is 1. The smallest absolute Gasteiger partial charge is 0.178 e. The molecule has 8 heteroatoms. The summed E-state index contributed by atoms with van der Waals surface area (Å²) >= 11 is 5.89. The number of aliphatic hydroxyl groups excluding tert-OH is 1. The first-order valence-corrected chi connectivity index (χ1v) is 7.62. The van der Waals surface area contributed by atoms with Crippen LogP contribution in [-0.2, 0) is 16.9 Å². The van der Waals surface area contributed by atoms with Gasteiger partial charge in [0.15, 0.2) is 5.60 Å². The van der Waals surface area contributed by atoms with Crippen LogP contribution in [0.2, 0.25) is 5.02 Å². The quantitative estimate of drug-likeness (QED) is 0.626. The van der Waals surface area contributed by atoms with Gasteiger partial charge in [-0.25, -0.2) is 4.98 Å². The monoisotopic (exact) mass is 338 g/mol. The Morgan fingerprint density at radius 3 is 2.74 bits per heavy atom. The lowest BCUT2D eigenvalue weighted by atomic mass is 9.91. The molecule has 1 aliphatic heterocycles. The Hall–Kier alpha value is -1.64. The third-order valence-corrected chi connectivity index (χ3v) is 4.34. The first kappa shape index (κ1) is 16.2. The van der Waals surface area contributed by atoms with E-state index in [1.54, 1.807) is 22.9 Å². The Bertz CT molecular complexity index is 691. The maximum absolute atomic E-state index is 11.0. The number of nitrogen functional groups attached to an aromatic ring is 1. The van der Waals surface area contributed by atoms with Crippen LogP contribution >= 0.6 is 11.6 Å². The fourth-order valence-corrected chi connectivity index (χ4v) is 3.01. The second-order valence-electron chi connectivity index (χ2n) is 5.64. The molecule has 0 amide bonds. The standard InChI is InChI=1S/C15H19ClN4O3/c16-10-3-1-9(2-4-10)6-20-7-13(18)19-14(20)15(22)11(21)8-23-12(15)5-17/h1-4,7,11-12,21-22H,5-6,8,17-18H2/t11-,12+,15+/m0/s1. The first-order valence-electron chi connectivity index (χ1n) is 7.24. The third kappa shape index (κ3) is 2.82. The highest BCUT2D eigenvalue weighted by molar-refractivity contribution is 6.30. The highest BCUT2D eigenvalue weighted by Crippen LogP contribution is 2.36. The van der Waals surface area contributed by atoms with Gasteiger partial charge in [-0.05, 0) is 17.7 Å². The van der Waals surface area contributed by atoms with Crippen LogP contribution in [0.1, 0.15) is 11.4 Å². The minimum absolute atomic E-state index is 0.00786. The zero-order chi connectivity index (χ0) is 16.6. The van der Waals surface area contributed by atoms with Gasteiger partial charge >= 0.3 is 0 Å². The van der Waals surface area contributed by atoms with Crippen molar-refractivity contribution in [3.05, 3.63) is 46.9 Å². The summed E-state index contributed by atoms with van der Waals surface area (Å²) in [4.78, 5) is 4.20. The topological polar surface area (TPSA) is 120 Å². The minimum Gasteiger partial charge on any atom is -0.387 e. The number of halogens is 1. The SMILES string of the molecule is NC[C@H]1OC[C@H](O)[C@]1(O)c1nc(N)cn1Cc1ccc(Cl)cc1. The molecule has 1 saturated heterocycles. The highest BCUT2D eigenvalue weighted by atomic mass is 35.5. The molecule has 1 aliphatic rings. The molecule has 1 aromatic carbocycles. The average molecular weight is 339 g/mol. The molecule has 0 aliphatic carbocycles. The van der Waals surface area contributed by atoms with Gasteiger partial charge in [-0.3, -0.25) is 0 Å². The summed E-state index contributed by atoms with van der Waals surface area (Å²) < 4.78 is 7.07. The maximum atomic E-state index is 11.0. The molecule has 1 aromatic heterocycles. The van der Waals surface area contributed by atoms with Crippen LogP contribution in [0, 0.1) is 0 Å². The zero-order valence-corrected chi connectivity index (χ0v) is 13.1. The largest absolute Gasteiger partial charge is 0.387 e. The average Bonchev–Trinajstić information content (AvgIpc) is 3.03. The van der Waals surface area contributed by atoms with Crippen LogP contribution in [0.5, 0.6) is 0 Å². The number of ether oxygens (including phenoxy) is 1. The lowest BCUT2D eigenvalue weighted by Crippen LogP contribution is -2.49. The number of anilines is 1. The molecule has 2 heterocycles. The number of nitrogens with zero attached hydrogens (tertiary/aromatic N) is 2. The Morgan fingerprint density at radius 1 is 1.39 bits per heavy atom. The first-order chi connectivity index (χ1) is 10.9. The van der Waals surface area contributed by atoms with Crippen LogP contribution in [0.25, 0.3) is 0 Å². The molecule has 23 heavy (non-hydrogen) atoms. The van der Waals surface area contributed by atoms with Gasteiger partial charge in [0.1, 0.15) is 23.9 Å². The van der Waals surface area contributed by atoms with Crippen molar-refractivity contribution < 1.29 is 14.9 Å². The molecule has 2 aromatic rings. The van der Waals surface area contributed by atoms with E-state index in [0.717, 1.165) is 5.56 Å². The fourth-order valence-electron chi connectivity index (χ4n) is 2.88. The number of nitrogens with two attached hydrogens (primary N) is 2. The zero-order valence-electron chi connectivity index (χ0n) is 12.4. The van der Waals surface area contributed by atoms with Crippen molar-refractivity contribution in [1.29, 1.82) is 0 Å².